The fourth-order valence-electron chi connectivity index (χ4n) is 2.76. The maximum absolute atomic E-state index is 4.59. The van der Waals surface area contributed by atoms with Crippen LogP contribution in [0.2, 0.25) is 0 Å². The van der Waals surface area contributed by atoms with Gasteiger partial charge in [-0.05, 0) is 29.7 Å². The summed E-state index contributed by atoms with van der Waals surface area (Å²) in [5.41, 5.74) is 3.62. The minimum atomic E-state index is 0.524. The van der Waals surface area contributed by atoms with Gasteiger partial charge in [0.1, 0.15) is 0 Å². The molecule has 6 heteroatoms. The molecule has 1 aliphatic heterocycles. The molecule has 1 aromatic carbocycles. The molecule has 2 aromatic heterocycles. The zero-order valence-corrected chi connectivity index (χ0v) is 12.6. The van der Waals surface area contributed by atoms with E-state index in [1.165, 1.54) is 11.3 Å². The van der Waals surface area contributed by atoms with Crippen LogP contribution in [-0.4, -0.2) is 26.7 Å². The average Bonchev–Trinajstić information content (AvgIpc) is 3.05. The fraction of sp³-hybridized carbons (Fsp3) is 0.176. The van der Waals surface area contributed by atoms with Gasteiger partial charge in [0, 0.05) is 31.2 Å². The Labute approximate surface area is 134 Å². The molecule has 0 unspecified atom stereocenters. The van der Waals surface area contributed by atoms with Gasteiger partial charge in [0.05, 0.1) is 6.20 Å². The molecule has 0 fully saturated rings. The highest BCUT2D eigenvalue weighted by Gasteiger charge is 2.21. The van der Waals surface area contributed by atoms with Crippen LogP contribution in [0.25, 0.3) is 0 Å². The summed E-state index contributed by atoms with van der Waals surface area (Å²) in [6.45, 7) is 1.54. The number of aromatic nitrogens is 4. The number of anilines is 3. The first-order valence-electron chi connectivity index (χ1n) is 7.58. The predicted molar refractivity (Wildman–Crippen MR) is 88.5 cm³/mol. The van der Waals surface area contributed by atoms with Crippen LogP contribution in [0.1, 0.15) is 11.1 Å². The van der Waals surface area contributed by atoms with Crippen LogP contribution in [-0.2, 0) is 13.0 Å². The molecule has 6 nitrogen and oxygen atoms in total. The van der Waals surface area contributed by atoms with E-state index in [1.807, 2.05) is 24.4 Å². The molecule has 1 N–H and O–H groups in total. The molecule has 0 saturated carbocycles. The van der Waals surface area contributed by atoms with Crippen LogP contribution >= 0.6 is 0 Å². The quantitative estimate of drug-likeness (QED) is 0.799. The number of hydrogen-bond donors (Lipinski definition) is 1. The third-order valence-electron chi connectivity index (χ3n) is 3.88. The lowest BCUT2D eigenvalue weighted by molar-refractivity contribution is 0.903. The van der Waals surface area contributed by atoms with Crippen LogP contribution in [0.15, 0.2) is 55.0 Å². The van der Waals surface area contributed by atoms with E-state index in [0.717, 1.165) is 24.3 Å². The van der Waals surface area contributed by atoms with Crippen LogP contribution < -0.4 is 10.2 Å². The van der Waals surface area contributed by atoms with E-state index in [0.29, 0.717) is 12.5 Å². The van der Waals surface area contributed by atoms with Crippen molar-refractivity contribution in [3.63, 3.8) is 0 Å². The van der Waals surface area contributed by atoms with Crippen molar-refractivity contribution in [2.24, 2.45) is 0 Å². The minimum absolute atomic E-state index is 0.524. The highest BCUT2D eigenvalue weighted by Crippen LogP contribution is 2.32. The lowest BCUT2D eigenvalue weighted by Crippen LogP contribution is -2.16. The zero-order valence-electron chi connectivity index (χ0n) is 12.6. The summed E-state index contributed by atoms with van der Waals surface area (Å²) in [5.74, 6) is 1.34. The van der Waals surface area contributed by atoms with Crippen molar-refractivity contribution >= 4 is 17.5 Å². The first kappa shape index (κ1) is 13.6. The zero-order chi connectivity index (χ0) is 15.5. The molecular weight excluding hydrogens is 288 g/mol. The summed E-state index contributed by atoms with van der Waals surface area (Å²) in [4.78, 5) is 10.9. The molecule has 0 amide bonds. The predicted octanol–water partition coefficient (Wildman–Crippen LogP) is 2.57. The van der Waals surface area contributed by atoms with Crippen molar-refractivity contribution in [1.29, 1.82) is 0 Å². The third kappa shape index (κ3) is 2.83. The van der Waals surface area contributed by atoms with Crippen LogP contribution in [0.3, 0.4) is 0 Å². The fourth-order valence-corrected chi connectivity index (χ4v) is 2.76. The molecule has 0 saturated heterocycles. The van der Waals surface area contributed by atoms with E-state index in [9.17, 15) is 0 Å². The molecule has 4 rings (SSSR count). The van der Waals surface area contributed by atoms with Gasteiger partial charge in [-0.1, -0.05) is 24.3 Å². The van der Waals surface area contributed by atoms with E-state index < -0.39 is 0 Å². The number of pyridine rings is 1. The number of nitrogens with zero attached hydrogens (tertiary/aromatic N) is 5. The van der Waals surface area contributed by atoms with Crippen molar-refractivity contribution in [3.8, 4) is 0 Å². The summed E-state index contributed by atoms with van der Waals surface area (Å²) >= 11 is 0. The van der Waals surface area contributed by atoms with Gasteiger partial charge >= 0.3 is 0 Å². The molecule has 3 heterocycles. The van der Waals surface area contributed by atoms with Gasteiger partial charge in [-0.3, -0.25) is 4.98 Å². The molecule has 114 valence electrons. The second kappa shape index (κ2) is 6.00. The summed E-state index contributed by atoms with van der Waals surface area (Å²) in [6.07, 6.45) is 6.31. The number of nitrogens with one attached hydrogen (secondary N) is 1. The lowest BCUT2D eigenvalue weighted by atomic mass is 10.2. The molecule has 0 bridgehead atoms. The number of benzene rings is 1. The van der Waals surface area contributed by atoms with Crippen LogP contribution in [0.5, 0.6) is 0 Å². The highest BCUT2D eigenvalue weighted by molar-refractivity contribution is 5.67. The third-order valence-corrected chi connectivity index (χ3v) is 3.88. The van der Waals surface area contributed by atoms with Gasteiger partial charge in [-0.2, -0.15) is 10.1 Å². The van der Waals surface area contributed by atoms with Gasteiger partial charge in [-0.25, -0.2) is 0 Å². The van der Waals surface area contributed by atoms with Gasteiger partial charge in [0.2, 0.25) is 5.95 Å². The lowest BCUT2D eigenvalue weighted by Gasteiger charge is -2.18. The van der Waals surface area contributed by atoms with Crippen LogP contribution in [0.4, 0.5) is 17.5 Å². The first-order valence-corrected chi connectivity index (χ1v) is 7.58. The summed E-state index contributed by atoms with van der Waals surface area (Å²) in [6, 6.07) is 12.3. The van der Waals surface area contributed by atoms with Crippen molar-refractivity contribution < 1.29 is 0 Å². The van der Waals surface area contributed by atoms with E-state index in [1.54, 1.807) is 12.4 Å². The van der Waals surface area contributed by atoms with Crippen LogP contribution in [0, 0.1) is 0 Å². The van der Waals surface area contributed by atoms with E-state index >= 15 is 0 Å². The SMILES string of the molecule is c1cncc(CNc2nncc(N3CCc4ccccc43)n2)c1. The Bertz CT molecular complexity index is 805. The Morgan fingerprint density at radius 2 is 2.04 bits per heavy atom. The van der Waals surface area contributed by atoms with Crippen molar-refractivity contribution in [3.05, 3.63) is 66.1 Å². The van der Waals surface area contributed by atoms with Gasteiger partial charge in [-0.15, -0.1) is 5.10 Å². The molecule has 0 atom stereocenters. The second-order valence-corrected chi connectivity index (χ2v) is 5.38. The second-order valence-electron chi connectivity index (χ2n) is 5.38. The van der Waals surface area contributed by atoms with Gasteiger partial charge in [0.15, 0.2) is 5.82 Å². The maximum atomic E-state index is 4.59. The number of rotatable bonds is 4. The molecule has 0 aliphatic carbocycles. The number of para-hydroxylation sites is 1. The Morgan fingerprint density at radius 1 is 1.09 bits per heavy atom. The highest BCUT2D eigenvalue weighted by atomic mass is 15.3. The normalized spacial score (nSPS) is 13.0. The van der Waals surface area contributed by atoms with Gasteiger partial charge in [0.25, 0.3) is 0 Å². The standard InChI is InChI=1S/C17H16N6/c1-2-6-15-14(5-1)7-9-23(15)16-12-20-22-17(21-16)19-11-13-4-3-8-18-10-13/h1-6,8,10,12H,7,9,11H2,(H,19,21,22). The summed E-state index contributed by atoms with van der Waals surface area (Å²) < 4.78 is 0. The average molecular weight is 304 g/mol. The van der Waals surface area contributed by atoms with Crippen molar-refractivity contribution in [2.75, 3.05) is 16.8 Å². The maximum Gasteiger partial charge on any atom is 0.244 e. The molecule has 1 aliphatic rings. The van der Waals surface area contributed by atoms with E-state index in [-0.39, 0.29) is 0 Å². The summed E-state index contributed by atoms with van der Waals surface area (Å²) in [5, 5.41) is 11.3. The molecular formula is C17H16N6. The van der Waals surface area contributed by atoms with Crippen molar-refractivity contribution in [1.82, 2.24) is 20.2 Å². The Kier molecular flexibility index (Phi) is 3.56. The van der Waals surface area contributed by atoms with Crippen molar-refractivity contribution in [2.45, 2.75) is 13.0 Å². The monoisotopic (exact) mass is 304 g/mol. The van der Waals surface area contributed by atoms with E-state index in [2.05, 4.69) is 48.6 Å². The molecule has 0 radical (unpaired) electrons. The Morgan fingerprint density at radius 3 is 2.96 bits per heavy atom. The smallest absolute Gasteiger partial charge is 0.244 e. The Hall–Kier alpha value is -3.02. The molecule has 23 heavy (non-hydrogen) atoms. The van der Waals surface area contributed by atoms with E-state index in [4.69, 9.17) is 0 Å². The number of hydrogen-bond acceptors (Lipinski definition) is 6. The summed E-state index contributed by atoms with van der Waals surface area (Å²) in [7, 11) is 0. The largest absolute Gasteiger partial charge is 0.349 e. The molecule has 0 spiro atoms. The number of fused-ring (bicyclic) bond motifs is 1. The van der Waals surface area contributed by atoms with Gasteiger partial charge < -0.3 is 10.2 Å². The topological polar surface area (TPSA) is 66.8 Å². The molecule has 3 aromatic rings. The first-order chi connectivity index (χ1) is 11.4. The minimum Gasteiger partial charge on any atom is -0.349 e. The Balaban J connectivity index is 1.53.